The molecule has 0 amide bonds. The number of aliphatic imine (C=N–C) groups is 1. The van der Waals surface area contributed by atoms with Crippen molar-refractivity contribution in [1.29, 1.82) is 0 Å². The van der Waals surface area contributed by atoms with Gasteiger partial charge >= 0.3 is 0 Å². The summed E-state index contributed by atoms with van der Waals surface area (Å²) in [6.45, 7) is 9.22. The first-order chi connectivity index (χ1) is 12.5. The number of hydrogen-bond donors (Lipinski definition) is 2. The maximum absolute atomic E-state index is 13.2. The number of guanidine groups is 1. The van der Waals surface area contributed by atoms with Gasteiger partial charge in [0.25, 0.3) is 0 Å². The molecule has 0 aromatic heterocycles. The molecule has 1 unspecified atom stereocenters. The molecule has 1 aliphatic heterocycles. The summed E-state index contributed by atoms with van der Waals surface area (Å²) in [4.78, 5) is 6.68. The van der Waals surface area contributed by atoms with Crippen LogP contribution in [0.25, 0.3) is 0 Å². The summed E-state index contributed by atoms with van der Waals surface area (Å²) in [6, 6.07) is 3.99. The number of halogens is 3. The Kier molecular flexibility index (Phi) is 11.1. The molecular weight excluding hydrogens is 465 g/mol. The second-order valence-corrected chi connectivity index (χ2v) is 6.87. The molecule has 2 N–H and O–H groups in total. The Bertz CT molecular complexity index is 575. The van der Waals surface area contributed by atoms with Gasteiger partial charge < -0.3 is 15.4 Å². The highest BCUT2D eigenvalue weighted by Gasteiger charge is 2.23. The van der Waals surface area contributed by atoms with Gasteiger partial charge in [-0.25, -0.2) is 8.78 Å². The topological polar surface area (TPSA) is 48.9 Å². The van der Waals surface area contributed by atoms with Gasteiger partial charge in [0.1, 0.15) is 11.6 Å². The average Bonchev–Trinajstić information content (AvgIpc) is 2.60. The number of benzene rings is 1. The third-order valence-electron chi connectivity index (χ3n) is 4.61. The van der Waals surface area contributed by atoms with Crippen LogP contribution in [0.5, 0.6) is 0 Å². The van der Waals surface area contributed by atoms with Gasteiger partial charge in [0.05, 0.1) is 13.2 Å². The molecule has 2 rings (SSSR count). The fraction of sp³-hybridized carbons (Fsp3) is 0.632. The first-order valence-electron chi connectivity index (χ1n) is 9.21. The van der Waals surface area contributed by atoms with Crippen LogP contribution in [-0.2, 0) is 11.2 Å². The quantitative estimate of drug-likeness (QED) is 0.347. The van der Waals surface area contributed by atoms with Crippen molar-refractivity contribution in [2.24, 2.45) is 10.9 Å². The Morgan fingerprint density at radius 3 is 2.33 bits per heavy atom. The van der Waals surface area contributed by atoms with Crippen LogP contribution < -0.4 is 10.6 Å². The van der Waals surface area contributed by atoms with Crippen LogP contribution in [0.15, 0.2) is 23.2 Å². The zero-order valence-corrected chi connectivity index (χ0v) is 18.6. The Balaban J connectivity index is 0.00000364. The van der Waals surface area contributed by atoms with E-state index in [1.807, 2.05) is 0 Å². The van der Waals surface area contributed by atoms with Crippen LogP contribution in [0.1, 0.15) is 19.4 Å². The van der Waals surface area contributed by atoms with Crippen LogP contribution in [0.2, 0.25) is 0 Å². The molecule has 0 saturated carbocycles. The first kappa shape index (κ1) is 24.0. The second kappa shape index (κ2) is 12.5. The third-order valence-corrected chi connectivity index (χ3v) is 4.61. The maximum Gasteiger partial charge on any atom is 0.191 e. The molecule has 27 heavy (non-hydrogen) atoms. The Morgan fingerprint density at radius 2 is 1.78 bits per heavy atom. The highest BCUT2D eigenvalue weighted by Crippen LogP contribution is 2.12. The van der Waals surface area contributed by atoms with E-state index in [4.69, 9.17) is 4.74 Å². The van der Waals surface area contributed by atoms with E-state index < -0.39 is 11.6 Å². The number of nitrogens with one attached hydrogen (secondary N) is 2. The van der Waals surface area contributed by atoms with Crippen molar-refractivity contribution in [3.63, 3.8) is 0 Å². The van der Waals surface area contributed by atoms with Crippen molar-refractivity contribution in [3.05, 3.63) is 35.4 Å². The first-order valence-corrected chi connectivity index (χ1v) is 9.21. The zero-order valence-electron chi connectivity index (χ0n) is 16.3. The summed E-state index contributed by atoms with van der Waals surface area (Å²) in [6.07, 6.45) is 0.520. The maximum atomic E-state index is 13.2. The van der Waals surface area contributed by atoms with Crippen molar-refractivity contribution >= 4 is 29.9 Å². The third kappa shape index (κ3) is 8.27. The molecule has 154 valence electrons. The normalized spacial score (nSPS) is 16.7. The Hall–Kier alpha value is -1.00. The molecule has 0 aliphatic carbocycles. The van der Waals surface area contributed by atoms with Gasteiger partial charge in [-0.05, 0) is 30.0 Å². The fourth-order valence-electron chi connectivity index (χ4n) is 3.20. The summed E-state index contributed by atoms with van der Waals surface area (Å²) in [5.74, 6) is 0.107. The van der Waals surface area contributed by atoms with Crippen molar-refractivity contribution in [3.8, 4) is 0 Å². The molecule has 1 aromatic carbocycles. The largest absolute Gasteiger partial charge is 0.379 e. The van der Waals surface area contributed by atoms with Crippen LogP contribution in [-0.4, -0.2) is 63.3 Å². The number of rotatable bonds is 7. The van der Waals surface area contributed by atoms with Crippen molar-refractivity contribution < 1.29 is 13.5 Å². The molecule has 0 radical (unpaired) electrons. The predicted molar refractivity (Wildman–Crippen MR) is 116 cm³/mol. The summed E-state index contributed by atoms with van der Waals surface area (Å²) in [5.41, 5.74) is 0.624. The highest BCUT2D eigenvalue weighted by atomic mass is 127. The van der Waals surface area contributed by atoms with E-state index in [1.54, 1.807) is 7.05 Å². The lowest BCUT2D eigenvalue weighted by Crippen LogP contribution is -2.52. The molecule has 8 heteroatoms. The minimum Gasteiger partial charge on any atom is -0.379 e. The minimum atomic E-state index is -0.548. The minimum absolute atomic E-state index is 0. The lowest BCUT2D eigenvalue weighted by atomic mass is 10.0. The van der Waals surface area contributed by atoms with E-state index in [2.05, 4.69) is 34.4 Å². The van der Waals surface area contributed by atoms with Gasteiger partial charge in [-0.2, -0.15) is 0 Å². The lowest BCUT2D eigenvalue weighted by Gasteiger charge is -2.37. The van der Waals surface area contributed by atoms with Crippen molar-refractivity contribution in [2.75, 3.05) is 46.4 Å². The smallest absolute Gasteiger partial charge is 0.191 e. The SMILES string of the molecule is CN=C(NCCc1cc(F)cc(F)c1)NCC(C(C)C)N1CCOCC1.I. The van der Waals surface area contributed by atoms with Gasteiger partial charge in [-0.3, -0.25) is 9.89 Å². The zero-order chi connectivity index (χ0) is 18.9. The molecule has 1 fully saturated rings. The summed E-state index contributed by atoms with van der Waals surface area (Å²) < 4.78 is 31.9. The molecule has 0 bridgehead atoms. The number of nitrogens with zero attached hydrogens (tertiary/aromatic N) is 2. The summed E-state index contributed by atoms with van der Waals surface area (Å²) >= 11 is 0. The van der Waals surface area contributed by atoms with Crippen LogP contribution in [0.4, 0.5) is 8.78 Å². The molecule has 5 nitrogen and oxygen atoms in total. The summed E-state index contributed by atoms with van der Waals surface area (Å²) in [5, 5.41) is 6.57. The van der Waals surface area contributed by atoms with Gasteiger partial charge in [-0.15, -0.1) is 24.0 Å². The molecule has 1 heterocycles. The molecule has 1 atom stereocenters. The predicted octanol–water partition coefficient (Wildman–Crippen LogP) is 2.65. The van der Waals surface area contributed by atoms with Gasteiger partial charge in [0, 0.05) is 45.3 Å². The number of ether oxygens (including phenoxy) is 1. The molecule has 1 aromatic rings. The fourth-order valence-corrected chi connectivity index (χ4v) is 3.20. The lowest BCUT2D eigenvalue weighted by molar-refractivity contribution is 0.00752. The monoisotopic (exact) mass is 496 g/mol. The molecule has 1 saturated heterocycles. The Labute approximate surface area is 178 Å². The van der Waals surface area contributed by atoms with E-state index in [1.165, 1.54) is 12.1 Å². The standard InChI is InChI=1S/C19H30F2N4O.HI/c1-14(2)18(25-6-8-26-9-7-25)13-24-19(22-3)23-5-4-15-10-16(20)12-17(21)11-15;/h10-12,14,18H,4-9,13H2,1-3H3,(H2,22,23,24);1H. The van der Waals surface area contributed by atoms with E-state index in [0.29, 0.717) is 36.4 Å². The number of hydrogen-bond acceptors (Lipinski definition) is 3. The van der Waals surface area contributed by atoms with Crippen molar-refractivity contribution in [1.82, 2.24) is 15.5 Å². The average molecular weight is 496 g/mol. The van der Waals surface area contributed by atoms with E-state index in [-0.39, 0.29) is 24.0 Å². The highest BCUT2D eigenvalue weighted by molar-refractivity contribution is 14.0. The number of morpholine rings is 1. The van der Waals surface area contributed by atoms with Gasteiger partial charge in [0.15, 0.2) is 5.96 Å². The van der Waals surface area contributed by atoms with E-state index >= 15 is 0 Å². The van der Waals surface area contributed by atoms with E-state index in [0.717, 1.165) is 38.9 Å². The molecule has 0 spiro atoms. The Morgan fingerprint density at radius 1 is 1.15 bits per heavy atom. The van der Waals surface area contributed by atoms with Gasteiger partial charge in [-0.1, -0.05) is 13.8 Å². The summed E-state index contributed by atoms with van der Waals surface area (Å²) in [7, 11) is 1.72. The van der Waals surface area contributed by atoms with Crippen LogP contribution >= 0.6 is 24.0 Å². The van der Waals surface area contributed by atoms with Crippen LogP contribution in [0, 0.1) is 17.6 Å². The van der Waals surface area contributed by atoms with Crippen LogP contribution in [0.3, 0.4) is 0 Å². The van der Waals surface area contributed by atoms with Crippen molar-refractivity contribution in [2.45, 2.75) is 26.3 Å². The second-order valence-electron chi connectivity index (χ2n) is 6.87. The molecule has 1 aliphatic rings. The van der Waals surface area contributed by atoms with Gasteiger partial charge in [0.2, 0.25) is 0 Å². The van der Waals surface area contributed by atoms with E-state index in [9.17, 15) is 8.78 Å². The molecular formula is C19H31F2IN4O.